The van der Waals surface area contributed by atoms with Crippen LogP contribution in [0.3, 0.4) is 0 Å². The molecule has 0 aliphatic carbocycles. The molecule has 0 fully saturated rings. The molecule has 0 aliphatic rings. The topological polar surface area (TPSA) is 66.0 Å². The van der Waals surface area contributed by atoms with Crippen molar-refractivity contribution in [2.75, 3.05) is 7.11 Å². The van der Waals surface area contributed by atoms with Gasteiger partial charge in [-0.15, -0.1) is 5.10 Å². The second kappa shape index (κ2) is 7.35. The van der Waals surface area contributed by atoms with Crippen molar-refractivity contribution in [3.05, 3.63) is 11.4 Å². The van der Waals surface area contributed by atoms with Gasteiger partial charge in [0.15, 0.2) is 0 Å². The van der Waals surface area contributed by atoms with Crippen LogP contribution in [0.4, 0.5) is 0 Å². The van der Waals surface area contributed by atoms with Crippen molar-refractivity contribution in [3.8, 4) is 0 Å². The highest BCUT2D eigenvalue weighted by Crippen LogP contribution is 2.08. The number of ether oxygens (including phenoxy) is 1. The van der Waals surface area contributed by atoms with Crippen LogP contribution in [0.2, 0.25) is 0 Å². The van der Waals surface area contributed by atoms with Crippen LogP contribution in [0.5, 0.6) is 0 Å². The van der Waals surface area contributed by atoms with E-state index in [0.717, 1.165) is 24.4 Å². The molecule has 0 radical (unpaired) electrons. The Labute approximate surface area is 97.0 Å². The summed E-state index contributed by atoms with van der Waals surface area (Å²) in [5.74, 6) is 0. The number of unbranched alkanes of at least 4 members (excludes halogenated alkanes) is 3. The first-order chi connectivity index (χ1) is 7.83. The largest absolute Gasteiger partial charge is 0.378 e. The molecule has 0 saturated heterocycles. The van der Waals surface area contributed by atoms with E-state index in [1.165, 1.54) is 19.3 Å². The number of aryl methyl sites for hydroxylation is 1. The van der Waals surface area contributed by atoms with Crippen LogP contribution >= 0.6 is 0 Å². The summed E-state index contributed by atoms with van der Waals surface area (Å²) in [6, 6.07) is 0. The van der Waals surface area contributed by atoms with Crippen molar-refractivity contribution >= 4 is 0 Å². The minimum absolute atomic E-state index is 0.424. The number of nitrogens with zero attached hydrogens (tertiary/aromatic N) is 3. The molecule has 1 aromatic rings. The van der Waals surface area contributed by atoms with Gasteiger partial charge in [0.25, 0.3) is 0 Å². The lowest BCUT2D eigenvalue weighted by molar-refractivity contribution is 0.175. The first-order valence-corrected chi connectivity index (χ1v) is 5.93. The summed E-state index contributed by atoms with van der Waals surface area (Å²) in [7, 11) is 1.68. The first-order valence-electron chi connectivity index (χ1n) is 5.93. The Hall–Kier alpha value is -0.940. The van der Waals surface area contributed by atoms with Gasteiger partial charge in [0.05, 0.1) is 12.3 Å². The van der Waals surface area contributed by atoms with Gasteiger partial charge < -0.3 is 10.5 Å². The standard InChI is InChI=1S/C11H22N4O/c1-3-4-5-6-7-15-11(9-16-2)10(8-12)13-14-15/h3-9,12H2,1-2H3. The van der Waals surface area contributed by atoms with Crippen molar-refractivity contribution in [1.82, 2.24) is 15.0 Å². The normalized spacial score (nSPS) is 10.9. The van der Waals surface area contributed by atoms with E-state index in [1.54, 1.807) is 7.11 Å². The highest BCUT2D eigenvalue weighted by atomic mass is 16.5. The van der Waals surface area contributed by atoms with Gasteiger partial charge in [-0.2, -0.15) is 0 Å². The van der Waals surface area contributed by atoms with E-state index in [2.05, 4.69) is 17.2 Å². The third-order valence-corrected chi connectivity index (χ3v) is 2.62. The van der Waals surface area contributed by atoms with Gasteiger partial charge in [-0.05, 0) is 6.42 Å². The maximum atomic E-state index is 5.60. The minimum atomic E-state index is 0.424. The van der Waals surface area contributed by atoms with Crippen molar-refractivity contribution in [1.29, 1.82) is 0 Å². The fraction of sp³-hybridized carbons (Fsp3) is 0.818. The molecule has 1 aromatic heterocycles. The second-order valence-electron chi connectivity index (χ2n) is 3.90. The lowest BCUT2D eigenvalue weighted by Crippen LogP contribution is -2.09. The van der Waals surface area contributed by atoms with E-state index in [9.17, 15) is 0 Å². The second-order valence-corrected chi connectivity index (χ2v) is 3.90. The summed E-state index contributed by atoms with van der Waals surface area (Å²) in [5.41, 5.74) is 7.46. The molecular weight excluding hydrogens is 204 g/mol. The number of hydrogen-bond acceptors (Lipinski definition) is 4. The van der Waals surface area contributed by atoms with Gasteiger partial charge in [0.2, 0.25) is 0 Å². The fourth-order valence-electron chi connectivity index (χ4n) is 1.69. The van der Waals surface area contributed by atoms with Crippen molar-refractivity contribution in [2.45, 2.75) is 52.3 Å². The van der Waals surface area contributed by atoms with Gasteiger partial charge in [0, 0.05) is 20.2 Å². The molecule has 92 valence electrons. The summed E-state index contributed by atoms with van der Waals surface area (Å²) >= 11 is 0. The number of rotatable bonds is 8. The summed E-state index contributed by atoms with van der Waals surface area (Å²) in [4.78, 5) is 0. The third kappa shape index (κ3) is 3.57. The van der Waals surface area contributed by atoms with E-state index in [-0.39, 0.29) is 0 Å². The van der Waals surface area contributed by atoms with Gasteiger partial charge in [-0.3, -0.25) is 0 Å². The average molecular weight is 226 g/mol. The number of aromatic nitrogens is 3. The molecule has 0 unspecified atom stereocenters. The van der Waals surface area contributed by atoms with Crippen LogP contribution in [0.1, 0.15) is 44.0 Å². The van der Waals surface area contributed by atoms with Crippen LogP contribution < -0.4 is 5.73 Å². The number of methoxy groups -OCH3 is 1. The van der Waals surface area contributed by atoms with E-state index >= 15 is 0 Å². The summed E-state index contributed by atoms with van der Waals surface area (Å²) < 4.78 is 7.06. The maximum absolute atomic E-state index is 5.60. The minimum Gasteiger partial charge on any atom is -0.378 e. The number of nitrogens with two attached hydrogens (primary N) is 1. The fourth-order valence-corrected chi connectivity index (χ4v) is 1.69. The summed E-state index contributed by atoms with van der Waals surface area (Å²) in [5, 5.41) is 8.17. The molecular formula is C11H22N4O. The van der Waals surface area contributed by atoms with Crippen molar-refractivity contribution in [3.63, 3.8) is 0 Å². The van der Waals surface area contributed by atoms with Crippen LogP contribution in [-0.2, 0) is 24.4 Å². The predicted molar refractivity (Wildman–Crippen MR) is 62.8 cm³/mol. The van der Waals surface area contributed by atoms with Crippen molar-refractivity contribution < 1.29 is 4.74 Å². The monoisotopic (exact) mass is 226 g/mol. The summed E-state index contributed by atoms with van der Waals surface area (Å²) in [6.07, 6.45) is 4.90. The Morgan fingerprint density at radius 1 is 1.31 bits per heavy atom. The molecule has 0 saturated carbocycles. The van der Waals surface area contributed by atoms with Crippen LogP contribution in [0.15, 0.2) is 0 Å². The molecule has 0 atom stereocenters. The molecule has 16 heavy (non-hydrogen) atoms. The quantitative estimate of drug-likeness (QED) is 0.682. The molecule has 5 heteroatoms. The van der Waals surface area contributed by atoms with E-state index in [0.29, 0.717) is 13.2 Å². The Bertz CT molecular complexity index is 298. The molecule has 1 heterocycles. The van der Waals surface area contributed by atoms with Gasteiger partial charge >= 0.3 is 0 Å². The van der Waals surface area contributed by atoms with E-state index in [4.69, 9.17) is 10.5 Å². The van der Waals surface area contributed by atoms with Gasteiger partial charge in [-0.1, -0.05) is 31.4 Å². The zero-order valence-electron chi connectivity index (χ0n) is 10.3. The van der Waals surface area contributed by atoms with Crippen LogP contribution in [0, 0.1) is 0 Å². The molecule has 0 aromatic carbocycles. The third-order valence-electron chi connectivity index (χ3n) is 2.62. The molecule has 5 nitrogen and oxygen atoms in total. The zero-order chi connectivity index (χ0) is 11.8. The van der Waals surface area contributed by atoms with Crippen LogP contribution in [-0.4, -0.2) is 22.1 Å². The van der Waals surface area contributed by atoms with E-state index in [1.807, 2.05) is 4.68 Å². The summed E-state index contributed by atoms with van der Waals surface area (Å²) in [6.45, 7) is 4.07. The van der Waals surface area contributed by atoms with Crippen LogP contribution in [0.25, 0.3) is 0 Å². The SMILES string of the molecule is CCCCCCn1nnc(CN)c1COC. The Morgan fingerprint density at radius 2 is 2.12 bits per heavy atom. The maximum Gasteiger partial charge on any atom is 0.102 e. The highest BCUT2D eigenvalue weighted by molar-refractivity contribution is 5.08. The highest BCUT2D eigenvalue weighted by Gasteiger charge is 2.10. The zero-order valence-corrected chi connectivity index (χ0v) is 10.3. The molecule has 0 amide bonds. The molecule has 1 rings (SSSR count). The molecule has 0 spiro atoms. The lowest BCUT2D eigenvalue weighted by atomic mass is 10.2. The Morgan fingerprint density at radius 3 is 2.75 bits per heavy atom. The first kappa shape index (κ1) is 13.1. The van der Waals surface area contributed by atoms with Gasteiger partial charge in [-0.25, -0.2) is 4.68 Å². The van der Waals surface area contributed by atoms with Crippen molar-refractivity contribution in [2.24, 2.45) is 5.73 Å². The predicted octanol–water partition coefficient (Wildman–Crippen LogP) is 1.46. The molecule has 0 aliphatic heterocycles. The Kier molecular flexibility index (Phi) is 6.03. The van der Waals surface area contributed by atoms with E-state index < -0.39 is 0 Å². The smallest absolute Gasteiger partial charge is 0.102 e. The average Bonchev–Trinajstić information content (AvgIpc) is 2.68. The lowest BCUT2D eigenvalue weighted by Gasteiger charge is -2.06. The molecule has 0 bridgehead atoms. The molecule has 2 N–H and O–H groups in total. The number of hydrogen-bond donors (Lipinski definition) is 1. The Balaban J connectivity index is 2.53. The van der Waals surface area contributed by atoms with Gasteiger partial charge in [0.1, 0.15) is 5.69 Å².